The van der Waals surface area contributed by atoms with Gasteiger partial charge in [-0.2, -0.15) is 0 Å². The molecule has 0 spiro atoms. The number of carbonyl (C=O) groups excluding carboxylic acids is 2. The lowest BCUT2D eigenvalue weighted by Gasteiger charge is -2.08. The highest BCUT2D eigenvalue weighted by Gasteiger charge is 2.07. The van der Waals surface area contributed by atoms with Crippen molar-refractivity contribution < 1.29 is 18.7 Å². The Morgan fingerprint density at radius 1 is 1.04 bits per heavy atom. The standard InChI is InChI=1S/C18H19FN2O3/c1-24-12-13-5-7-16(8-6-13)21-18(23)11-20-17(22)10-14-3-2-4-15(19)9-14/h2-9H,10-12H2,1H3,(H,20,22)(H,21,23). The van der Waals surface area contributed by atoms with E-state index in [1.54, 1.807) is 25.3 Å². The minimum Gasteiger partial charge on any atom is -0.380 e. The van der Waals surface area contributed by atoms with Gasteiger partial charge in [0.25, 0.3) is 0 Å². The zero-order valence-corrected chi connectivity index (χ0v) is 13.3. The summed E-state index contributed by atoms with van der Waals surface area (Å²) in [4.78, 5) is 23.6. The van der Waals surface area contributed by atoms with Crippen molar-refractivity contribution in [2.45, 2.75) is 13.0 Å². The molecule has 5 nitrogen and oxygen atoms in total. The SMILES string of the molecule is COCc1ccc(NC(=O)CNC(=O)Cc2cccc(F)c2)cc1. The monoisotopic (exact) mass is 330 g/mol. The van der Waals surface area contributed by atoms with Crippen molar-refractivity contribution in [3.8, 4) is 0 Å². The van der Waals surface area contributed by atoms with E-state index in [-0.39, 0.29) is 24.8 Å². The van der Waals surface area contributed by atoms with E-state index in [2.05, 4.69) is 10.6 Å². The summed E-state index contributed by atoms with van der Waals surface area (Å²) in [5, 5.41) is 5.19. The number of amides is 2. The Morgan fingerprint density at radius 3 is 2.46 bits per heavy atom. The first kappa shape index (κ1) is 17.6. The molecule has 0 saturated heterocycles. The van der Waals surface area contributed by atoms with Gasteiger partial charge in [0.05, 0.1) is 19.6 Å². The Hall–Kier alpha value is -2.73. The van der Waals surface area contributed by atoms with E-state index >= 15 is 0 Å². The summed E-state index contributed by atoms with van der Waals surface area (Å²) in [5.41, 5.74) is 2.19. The molecule has 0 fully saturated rings. The molecule has 2 amide bonds. The van der Waals surface area contributed by atoms with Gasteiger partial charge < -0.3 is 15.4 Å². The zero-order chi connectivity index (χ0) is 17.4. The van der Waals surface area contributed by atoms with Gasteiger partial charge in [0.2, 0.25) is 11.8 Å². The first-order chi connectivity index (χ1) is 11.6. The average molecular weight is 330 g/mol. The van der Waals surface area contributed by atoms with Gasteiger partial charge in [-0.25, -0.2) is 4.39 Å². The van der Waals surface area contributed by atoms with Crippen molar-refractivity contribution in [3.05, 3.63) is 65.5 Å². The van der Waals surface area contributed by atoms with Crippen molar-refractivity contribution in [3.63, 3.8) is 0 Å². The Bertz CT molecular complexity index is 702. The van der Waals surface area contributed by atoms with Gasteiger partial charge >= 0.3 is 0 Å². The molecule has 0 unspecified atom stereocenters. The number of anilines is 1. The molecule has 2 aromatic rings. The topological polar surface area (TPSA) is 67.4 Å². The number of carbonyl (C=O) groups is 2. The first-order valence-corrected chi connectivity index (χ1v) is 7.45. The molecule has 0 radical (unpaired) electrons. The van der Waals surface area contributed by atoms with Crippen LogP contribution in [0.15, 0.2) is 48.5 Å². The van der Waals surface area contributed by atoms with Crippen molar-refractivity contribution in [1.82, 2.24) is 5.32 Å². The summed E-state index contributed by atoms with van der Waals surface area (Å²) in [6, 6.07) is 13.0. The van der Waals surface area contributed by atoms with Crippen LogP contribution in [0.5, 0.6) is 0 Å². The van der Waals surface area contributed by atoms with Crippen molar-refractivity contribution in [1.29, 1.82) is 0 Å². The maximum atomic E-state index is 13.0. The minimum atomic E-state index is -0.394. The van der Waals surface area contributed by atoms with Crippen LogP contribution in [0.1, 0.15) is 11.1 Å². The quantitative estimate of drug-likeness (QED) is 0.818. The highest BCUT2D eigenvalue weighted by Crippen LogP contribution is 2.10. The van der Waals surface area contributed by atoms with E-state index in [1.807, 2.05) is 12.1 Å². The van der Waals surface area contributed by atoms with Crippen LogP contribution in [-0.4, -0.2) is 25.5 Å². The summed E-state index contributed by atoms with van der Waals surface area (Å²) in [7, 11) is 1.61. The number of ether oxygens (including phenoxy) is 1. The fourth-order valence-electron chi connectivity index (χ4n) is 2.13. The van der Waals surface area contributed by atoms with Crippen LogP contribution in [0.25, 0.3) is 0 Å². The predicted octanol–water partition coefficient (Wildman–Crippen LogP) is 2.27. The lowest BCUT2D eigenvalue weighted by Crippen LogP contribution is -2.33. The molecule has 0 saturated carbocycles. The molecule has 0 atom stereocenters. The van der Waals surface area contributed by atoms with E-state index in [4.69, 9.17) is 4.74 Å². The average Bonchev–Trinajstić information content (AvgIpc) is 2.55. The third-order valence-electron chi connectivity index (χ3n) is 3.25. The zero-order valence-electron chi connectivity index (χ0n) is 13.3. The molecule has 2 N–H and O–H groups in total. The van der Waals surface area contributed by atoms with Gasteiger partial charge in [0, 0.05) is 12.8 Å². The Kier molecular flexibility index (Phi) is 6.45. The van der Waals surface area contributed by atoms with Crippen LogP contribution in [0.4, 0.5) is 10.1 Å². The molecule has 24 heavy (non-hydrogen) atoms. The van der Waals surface area contributed by atoms with Crippen LogP contribution >= 0.6 is 0 Å². The van der Waals surface area contributed by atoms with Gasteiger partial charge in [0.1, 0.15) is 5.82 Å². The number of benzene rings is 2. The molecular formula is C18H19FN2O3. The number of halogens is 1. The summed E-state index contributed by atoms with van der Waals surface area (Å²) in [6.07, 6.45) is 0.0246. The van der Waals surface area contributed by atoms with E-state index in [1.165, 1.54) is 18.2 Å². The third-order valence-corrected chi connectivity index (χ3v) is 3.25. The maximum absolute atomic E-state index is 13.0. The van der Waals surface area contributed by atoms with Gasteiger partial charge in [0.15, 0.2) is 0 Å². The minimum absolute atomic E-state index is 0.0246. The fraction of sp³-hybridized carbons (Fsp3) is 0.222. The van der Waals surface area contributed by atoms with Gasteiger partial charge in [-0.1, -0.05) is 24.3 Å². The van der Waals surface area contributed by atoms with Gasteiger partial charge in [-0.05, 0) is 35.4 Å². The Morgan fingerprint density at radius 2 is 1.79 bits per heavy atom. The molecule has 0 aliphatic carbocycles. The molecule has 2 aromatic carbocycles. The highest BCUT2D eigenvalue weighted by atomic mass is 19.1. The van der Waals surface area contributed by atoms with Crippen LogP contribution in [-0.2, 0) is 27.4 Å². The summed E-state index contributed by atoms with van der Waals surface area (Å²) < 4.78 is 18.1. The number of hydrogen-bond acceptors (Lipinski definition) is 3. The van der Waals surface area contributed by atoms with Crippen molar-refractivity contribution in [2.75, 3.05) is 19.0 Å². The largest absolute Gasteiger partial charge is 0.380 e. The number of methoxy groups -OCH3 is 1. The summed E-state index contributed by atoms with van der Waals surface area (Å²) >= 11 is 0. The molecule has 0 bridgehead atoms. The Balaban J connectivity index is 1.77. The number of rotatable bonds is 7. The van der Waals surface area contributed by atoms with Crippen LogP contribution < -0.4 is 10.6 Å². The van der Waals surface area contributed by atoms with Crippen LogP contribution in [0, 0.1) is 5.82 Å². The second-order valence-corrected chi connectivity index (χ2v) is 5.26. The maximum Gasteiger partial charge on any atom is 0.243 e. The molecule has 2 rings (SSSR count). The predicted molar refractivity (Wildman–Crippen MR) is 88.9 cm³/mol. The molecule has 0 aromatic heterocycles. The molecular weight excluding hydrogens is 311 g/mol. The summed E-state index contributed by atoms with van der Waals surface area (Å²) in [6.45, 7) is 0.359. The molecule has 0 heterocycles. The van der Waals surface area contributed by atoms with E-state index in [0.717, 1.165) is 5.56 Å². The van der Waals surface area contributed by atoms with E-state index < -0.39 is 5.82 Å². The molecule has 0 aliphatic heterocycles. The van der Waals surface area contributed by atoms with Crippen LogP contribution in [0.2, 0.25) is 0 Å². The molecule has 6 heteroatoms. The fourth-order valence-corrected chi connectivity index (χ4v) is 2.13. The van der Waals surface area contributed by atoms with Gasteiger partial charge in [-0.3, -0.25) is 9.59 Å². The second-order valence-electron chi connectivity index (χ2n) is 5.26. The Labute approximate surface area is 139 Å². The third kappa shape index (κ3) is 5.81. The second kappa shape index (κ2) is 8.79. The van der Waals surface area contributed by atoms with E-state index in [9.17, 15) is 14.0 Å². The van der Waals surface area contributed by atoms with E-state index in [0.29, 0.717) is 17.9 Å². The normalized spacial score (nSPS) is 10.2. The number of hydrogen-bond donors (Lipinski definition) is 2. The lowest BCUT2D eigenvalue weighted by molar-refractivity contribution is -0.123. The van der Waals surface area contributed by atoms with Crippen LogP contribution in [0.3, 0.4) is 0 Å². The number of nitrogens with one attached hydrogen (secondary N) is 2. The first-order valence-electron chi connectivity index (χ1n) is 7.45. The molecule has 126 valence electrons. The smallest absolute Gasteiger partial charge is 0.243 e. The van der Waals surface area contributed by atoms with Crippen molar-refractivity contribution in [2.24, 2.45) is 0 Å². The van der Waals surface area contributed by atoms with Gasteiger partial charge in [-0.15, -0.1) is 0 Å². The lowest BCUT2D eigenvalue weighted by atomic mass is 10.1. The summed E-state index contributed by atoms with van der Waals surface area (Å²) in [5.74, 6) is -1.07. The highest BCUT2D eigenvalue weighted by molar-refractivity contribution is 5.94. The van der Waals surface area contributed by atoms with Crippen molar-refractivity contribution >= 4 is 17.5 Å². The molecule has 0 aliphatic rings.